The molecule has 0 saturated carbocycles. The molecule has 0 aliphatic heterocycles. The molecule has 17 heavy (non-hydrogen) atoms. The highest BCUT2D eigenvalue weighted by molar-refractivity contribution is 9.10. The summed E-state index contributed by atoms with van der Waals surface area (Å²) in [6.07, 6.45) is 1.41. The average Bonchev–Trinajstić information content (AvgIpc) is 2.20. The zero-order valence-corrected chi connectivity index (χ0v) is 12.0. The number of rotatable bonds is 2. The number of aromatic amines is 1. The normalized spacial score (nSPS) is 11.4. The molecule has 5 heteroatoms. The van der Waals surface area contributed by atoms with Gasteiger partial charge in [-0.25, -0.2) is 4.79 Å². The van der Waals surface area contributed by atoms with Crippen molar-refractivity contribution < 1.29 is 9.53 Å². The van der Waals surface area contributed by atoms with Crippen LogP contribution in [0.25, 0.3) is 0 Å². The molecule has 0 saturated heterocycles. The van der Waals surface area contributed by atoms with Gasteiger partial charge in [-0.05, 0) is 22.9 Å². The molecule has 0 spiro atoms. The largest absolute Gasteiger partial charge is 0.462 e. The fourth-order valence-electron chi connectivity index (χ4n) is 1.41. The lowest BCUT2D eigenvalue weighted by molar-refractivity contribution is 0.0524. The number of carbonyl (C=O) groups excluding carboxylic acids is 1. The molecular weight excluding hydrogens is 286 g/mol. The Hall–Kier alpha value is -1.10. The van der Waals surface area contributed by atoms with Crippen LogP contribution in [0.2, 0.25) is 0 Å². The van der Waals surface area contributed by atoms with Crippen molar-refractivity contribution in [2.24, 2.45) is 0 Å². The maximum Gasteiger partial charge on any atom is 0.343 e. The molecule has 0 radical (unpaired) electrons. The number of esters is 1. The summed E-state index contributed by atoms with van der Waals surface area (Å²) in [4.78, 5) is 26.5. The highest BCUT2D eigenvalue weighted by Gasteiger charge is 2.23. The number of hydrogen-bond donors (Lipinski definition) is 1. The van der Waals surface area contributed by atoms with Crippen LogP contribution in [0.3, 0.4) is 0 Å². The molecule has 4 nitrogen and oxygen atoms in total. The van der Waals surface area contributed by atoms with Crippen molar-refractivity contribution >= 4 is 21.9 Å². The second-order valence-corrected chi connectivity index (χ2v) is 5.48. The molecular formula is C12H16BrNO3. The highest BCUT2D eigenvalue weighted by Crippen LogP contribution is 2.25. The van der Waals surface area contributed by atoms with Crippen LogP contribution in [0, 0.1) is 0 Å². The molecule has 1 heterocycles. The topological polar surface area (TPSA) is 59.2 Å². The zero-order valence-electron chi connectivity index (χ0n) is 10.4. The maximum absolute atomic E-state index is 12.0. The van der Waals surface area contributed by atoms with E-state index in [-0.39, 0.29) is 23.0 Å². The third kappa shape index (κ3) is 2.97. The number of nitrogens with one attached hydrogen (secondary N) is 1. The van der Waals surface area contributed by atoms with E-state index in [1.54, 1.807) is 6.92 Å². The van der Waals surface area contributed by atoms with Gasteiger partial charge in [0, 0.05) is 17.3 Å². The van der Waals surface area contributed by atoms with Crippen molar-refractivity contribution in [3.05, 3.63) is 32.2 Å². The van der Waals surface area contributed by atoms with Gasteiger partial charge in [0.1, 0.15) is 5.56 Å². The quantitative estimate of drug-likeness (QED) is 0.854. The molecule has 1 rings (SSSR count). The summed E-state index contributed by atoms with van der Waals surface area (Å²) in [5, 5.41) is 0. The molecule has 0 fully saturated rings. The number of carbonyl (C=O) groups is 1. The lowest BCUT2D eigenvalue weighted by Crippen LogP contribution is -2.24. The van der Waals surface area contributed by atoms with E-state index in [4.69, 9.17) is 4.74 Å². The van der Waals surface area contributed by atoms with Crippen LogP contribution in [-0.2, 0) is 10.2 Å². The molecule has 1 aromatic rings. The molecule has 1 N–H and O–H groups in total. The van der Waals surface area contributed by atoms with Crippen LogP contribution in [0.1, 0.15) is 43.7 Å². The summed E-state index contributed by atoms with van der Waals surface area (Å²) < 4.78 is 5.19. The molecule has 0 aliphatic rings. The van der Waals surface area contributed by atoms with Gasteiger partial charge in [0.05, 0.1) is 11.1 Å². The Labute approximate surface area is 109 Å². The average molecular weight is 302 g/mol. The van der Waals surface area contributed by atoms with E-state index in [9.17, 15) is 9.59 Å². The second kappa shape index (κ2) is 5.04. The number of pyridine rings is 1. The molecule has 0 unspecified atom stereocenters. The van der Waals surface area contributed by atoms with E-state index in [2.05, 4.69) is 20.9 Å². The number of halogens is 1. The van der Waals surface area contributed by atoms with Gasteiger partial charge in [-0.15, -0.1) is 0 Å². The summed E-state index contributed by atoms with van der Waals surface area (Å²) in [6, 6.07) is 0. The van der Waals surface area contributed by atoms with Crippen LogP contribution < -0.4 is 5.43 Å². The monoisotopic (exact) mass is 301 g/mol. The van der Waals surface area contributed by atoms with Crippen molar-refractivity contribution in [1.82, 2.24) is 4.98 Å². The molecule has 0 aromatic carbocycles. The fourth-order valence-corrected chi connectivity index (χ4v) is 2.33. The fraction of sp³-hybridized carbons (Fsp3) is 0.500. The first kappa shape index (κ1) is 14.0. The Morgan fingerprint density at radius 3 is 2.53 bits per heavy atom. The van der Waals surface area contributed by atoms with E-state index in [0.29, 0.717) is 4.47 Å². The number of H-pyrrole nitrogens is 1. The maximum atomic E-state index is 12.0. The summed E-state index contributed by atoms with van der Waals surface area (Å²) >= 11 is 3.23. The van der Waals surface area contributed by atoms with Crippen LogP contribution in [-0.4, -0.2) is 17.6 Å². The van der Waals surface area contributed by atoms with Crippen molar-refractivity contribution in [2.45, 2.75) is 33.1 Å². The lowest BCUT2D eigenvalue weighted by Gasteiger charge is -2.20. The van der Waals surface area contributed by atoms with Crippen LogP contribution >= 0.6 is 15.9 Å². The Bertz CT molecular complexity index is 486. The SMILES string of the molecule is CCOC(=O)c1c[nH]c(C(C)(C)C)c(Br)c1=O. The van der Waals surface area contributed by atoms with Gasteiger partial charge in [0.25, 0.3) is 0 Å². The third-order valence-corrected chi connectivity index (χ3v) is 3.03. The minimum Gasteiger partial charge on any atom is -0.462 e. The minimum atomic E-state index is -0.602. The highest BCUT2D eigenvalue weighted by atomic mass is 79.9. The minimum absolute atomic E-state index is 0.0201. The van der Waals surface area contributed by atoms with Crippen molar-refractivity contribution in [3.63, 3.8) is 0 Å². The van der Waals surface area contributed by atoms with Gasteiger partial charge >= 0.3 is 5.97 Å². The molecule has 0 amide bonds. The third-order valence-electron chi connectivity index (χ3n) is 2.27. The van der Waals surface area contributed by atoms with Crippen molar-refractivity contribution in [2.75, 3.05) is 6.61 Å². The van der Waals surface area contributed by atoms with E-state index in [1.807, 2.05) is 20.8 Å². The van der Waals surface area contributed by atoms with Crippen LogP contribution in [0.5, 0.6) is 0 Å². The van der Waals surface area contributed by atoms with Gasteiger partial charge in [0.15, 0.2) is 0 Å². The van der Waals surface area contributed by atoms with Crippen LogP contribution in [0.4, 0.5) is 0 Å². The van der Waals surface area contributed by atoms with E-state index < -0.39 is 5.97 Å². The standard InChI is InChI=1S/C12H16BrNO3/c1-5-17-11(16)7-6-14-10(12(2,3)4)8(13)9(7)15/h6H,5H2,1-4H3,(H,14,15). The number of ether oxygens (including phenoxy) is 1. The van der Waals surface area contributed by atoms with Gasteiger partial charge in [-0.1, -0.05) is 20.8 Å². The molecule has 0 aliphatic carbocycles. The van der Waals surface area contributed by atoms with E-state index in [0.717, 1.165) is 5.69 Å². The Kier molecular flexibility index (Phi) is 4.14. The Morgan fingerprint density at radius 2 is 2.06 bits per heavy atom. The Balaban J connectivity index is 3.30. The molecule has 0 atom stereocenters. The number of hydrogen-bond acceptors (Lipinski definition) is 3. The smallest absolute Gasteiger partial charge is 0.343 e. The van der Waals surface area contributed by atoms with Crippen molar-refractivity contribution in [1.29, 1.82) is 0 Å². The van der Waals surface area contributed by atoms with Gasteiger partial charge < -0.3 is 9.72 Å². The second-order valence-electron chi connectivity index (χ2n) is 4.69. The first-order valence-electron chi connectivity index (χ1n) is 5.37. The predicted octanol–water partition coefficient (Wildman–Crippen LogP) is 2.61. The summed E-state index contributed by atoms with van der Waals surface area (Å²) in [7, 11) is 0. The van der Waals surface area contributed by atoms with Crippen molar-refractivity contribution in [3.8, 4) is 0 Å². The summed E-state index contributed by atoms with van der Waals surface area (Å²) in [5.74, 6) is -0.602. The van der Waals surface area contributed by atoms with Crippen LogP contribution in [0.15, 0.2) is 15.5 Å². The molecule has 94 valence electrons. The molecule has 0 bridgehead atoms. The van der Waals surface area contributed by atoms with E-state index >= 15 is 0 Å². The zero-order chi connectivity index (χ0) is 13.2. The summed E-state index contributed by atoms with van der Waals surface area (Å²) in [5.41, 5.74) is 0.236. The van der Waals surface area contributed by atoms with E-state index in [1.165, 1.54) is 6.20 Å². The first-order valence-corrected chi connectivity index (χ1v) is 6.17. The predicted molar refractivity (Wildman–Crippen MR) is 69.4 cm³/mol. The molecule has 1 aromatic heterocycles. The summed E-state index contributed by atoms with van der Waals surface area (Å²) in [6.45, 7) is 7.88. The first-order chi connectivity index (χ1) is 7.79. The Morgan fingerprint density at radius 1 is 1.47 bits per heavy atom. The number of aromatic nitrogens is 1. The van der Waals surface area contributed by atoms with Gasteiger partial charge in [-0.2, -0.15) is 0 Å². The van der Waals surface area contributed by atoms with Gasteiger partial charge in [0.2, 0.25) is 5.43 Å². The van der Waals surface area contributed by atoms with Gasteiger partial charge in [-0.3, -0.25) is 4.79 Å². The lowest BCUT2D eigenvalue weighted by atomic mass is 9.91.